The zero-order chi connectivity index (χ0) is 16.2. The van der Waals surface area contributed by atoms with E-state index in [1.165, 1.54) is 19.2 Å². The predicted octanol–water partition coefficient (Wildman–Crippen LogP) is 3.66. The van der Waals surface area contributed by atoms with E-state index in [1.807, 2.05) is 6.92 Å². The van der Waals surface area contributed by atoms with Gasteiger partial charge in [-0.1, -0.05) is 0 Å². The zero-order valence-electron chi connectivity index (χ0n) is 12.2. The maximum atomic E-state index is 12.4. The van der Waals surface area contributed by atoms with Crippen LogP contribution in [0.2, 0.25) is 0 Å². The quantitative estimate of drug-likeness (QED) is 0.823. The first-order chi connectivity index (χ1) is 10.5. The summed E-state index contributed by atoms with van der Waals surface area (Å²) < 4.78 is 38.2. The SMILES string of the molecule is CCOc1ccc(NS(=O)(=O)c2ccc(OC)c(Br)c2)cc1. The van der Waals surface area contributed by atoms with Crippen molar-refractivity contribution in [2.75, 3.05) is 18.4 Å². The van der Waals surface area contributed by atoms with Crippen LogP contribution in [0.4, 0.5) is 5.69 Å². The Morgan fingerprint density at radius 1 is 1.14 bits per heavy atom. The third kappa shape index (κ3) is 3.92. The van der Waals surface area contributed by atoms with Gasteiger partial charge in [-0.25, -0.2) is 8.42 Å². The van der Waals surface area contributed by atoms with Gasteiger partial charge in [-0.3, -0.25) is 4.72 Å². The van der Waals surface area contributed by atoms with Crippen LogP contribution in [-0.4, -0.2) is 22.1 Å². The second-order valence-corrected chi connectivity index (χ2v) is 6.90. The fourth-order valence-corrected chi connectivity index (χ4v) is 3.59. The van der Waals surface area contributed by atoms with Crippen molar-refractivity contribution in [2.45, 2.75) is 11.8 Å². The summed E-state index contributed by atoms with van der Waals surface area (Å²) in [6.07, 6.45) is 0. The lowest BCUT2D eigenvalue weighted by Gasteiger charge is -2.10. The Morgan fingerprint density at radius 3 is 2.36 bits per heavy atom. The molecule has 2 aromatic rings. The van der Waals surface area contributed by atoms with E-state index in [1.54, 1.807) is 30.3 Å². The molecule has 0 spiro atoms. The number of ether oxygens (including phenoxy) is 2. The Hall–Kier alpha value is -1.73. The normalized spacial score (nSPS) is 11.0. The van der Waals surface area contributed by atoms with Gasteiger partial charge >= 0.3 is 0 Å². The Morgan fingerprint density at radius 2 is 1.82 bits per heavy atom. The van der Waals surface area contributed by atoms with Crippen molar-refractivity contribution in [1.82, 2.24) is 0 Å². The Bertz CT molecular complexity index is 745. The van der Waals surface area contributed by atoms with Gasteiger partial charge in [0.05, 0.1) is 23.1 Å². The first-order valence-electron chi connectivity index (χ1n) is 6.55. The molecule has 0 amide bonds. The van der Waals surface area contributed by atoms with Crippen molar-refractivity contribution in [3.8, 4) is 11.5 Å². The van der Waals surface area contributed by atoms with E-state index >= 15 is 0 Å². The lowest BCUT2D eigenvalue weighted by atomic mass is 10.3. The molecule has 2 rings (SSSR count). The van der Waals surface area contributed by atoms with E-state index < -0.39 is 10.0 Å². The molecule has 0 aliphatic carbocycles. The second-order valence-electron chi connectivity index (χ2n) is 4.36. The maximum absolute atomic E-state index is 12.4. The predicted molar refractivity (Wildman–Crippen MR) is 89.1 cm³/mol. The van der Waals surface area contributed by atoms with Crippen molar-refractivity contribution in [1.29, 1.82) is 0 Å². The fraction of sp³-hybridized carbons (Fsp3) is 0.200. The molecule has 5 nitrogen and oxygen atoms in total. The number of methoxy groups -OCH3 is 1. The molecule has 0 bridgehead atoms. The molecule has 0 fully saturated rings. The number of nitrogens with one attached hydrogen (secondary N) is 1. The molecule has 7 heteroatoms. The highest BCUT2D eigenvalue weighted by Gasteiger charge is 2.16. The molecule has 0 saturated heterocycles. The van der Waals surface area contributed by atoms with Crippen molar-refractivity contribution in [3.63, 3.8) is 0 Å². The Labute approximate surface area is 138 Å². The summed E-state index contributed by atoms with van der Waals surface area (Å²) in [5.74, 6) is 1.26. The van der Waals surface area contributed by atoms with Gasteiger partial charge in [-0.05, 0) is 65.3 Å². The van der Waals surface area contributed by atoms with Gasteiger partial charge in [0.25, 0.3) is 10.0 Å². The number of hydrogen-bond acceptors (Lipinski definition) is 4. The van der Waals surface area contributed by atoms with E-state index in [0.29, 0.717) is 28.3 Å². The minimum atomic E-state index is -3.66. The average molecular weight is 386 g/mol. The highest BCUT2D eigenvalue weighted by Crippen LogP contribution is 2.28. The molecule has 2 aromatic carbocycles. The molecule has 22 heavy (non-hydrogen) atoms. The van der Waals surface area contributed by atoms with Gasteiger partial charge in [0, 0.05) is 5.69 Å². The molecule has 0 radical (unpaired) electrons. The van der Waals surface area contributed by atoms with Crippen LogP contribution >= 0.6 is 15.9 Å². The van der Waals surface area contributed by atoms with Crippen LogP contribution in [0.15, 0.2) is 51.8 Å². The largest absolute Gasteiger partial charge is 0.496 e. The van der Waals surface area contributed by atoms with Gasteiger partial charge in [0.15, 0.2) is 0 Å². The Kier molecular flexibility index (Phi) is 5.31. The summed E-state index contributed by atoms with van der Waals surface area (Å²) in [5, 5.41) is 0. The van der Waals surface area contributed by atoms with E-state index in [-0.39, 0.29) is 4.90 Å². The standard InChI is InChI=1S/C15H16BrNO4S/c1-3-21-12-6-4-11(5-7-12)17-22(18,19)13-8-9-15(20-2)14(16)10-13/h4-10,17H,3H2,1-2H3. The van der Waals surface area contributed by atoms with Crippen molar-refractivity contribution < 1.29 is 17.9 Å². The van der Waals surface area contributed by atoms with Crippen molar-refractivity contribution >= 4 is 31.6 Å². The summed E-state index contributed by atoms with van der Waals surface area (Å²) >= 11 is 3.28. The number of benzene rings is 2. The van der Waals surface area contributed by atoms with Gasteiger partial charge in [-0.15, -0.1) is 0 Å². The number of sulfonamides is 1. The molecule has 0 aliphatic rings. The summed E-state index contributed by atoms with van der Waals surface area (Å²) in [4.78, 5) is 0.147. The second kappa shape index (κ2) is 7.02. The van der Waals surface area contributed by atoms with E-state index in [9.17, 15) is 8.42 Å². The van der Waals surface area contributed by atoms with Crippen LogP contribution in [-0.2, 0) is 10.0 Å². The summed E-state index contributed by atoms with van der Waals surface area (Å²) in [7, 11) is -2.14. The maximum Gasteiger partial charge on any atom is 0.261 e. The molecule has 0 heterocycles. The van der Waals surface area contributed by atoms with Crippen LogP contribution in [0.5, 0.6) is 11.5 Å². The van der Waals surface area contributed by atoms with E-state index in [2.05, 4.69) is 20.7 Å². The van der Waals surface area contributed by atoms with Crippen LogP contribution in [0.3, 0.4) is 0 Å². The monoisotopic (exact) mass is 385 g/mol. The number of anilines is 1. The smallest absolute Gasteiger partial charge is 0.261 e. The molecule has 0 saturated carbocycles. The summed E-state index contributed by atoms with van der Waals surface area (Å²) in [5.41, 5.74) is 0.468. The minimum absolute atomic E-state index is 0.147. The van der Waals surface area contributed by atoms with Gasteiger partial charge in [0.2, 0.25) is 0 Å². The molecule has 118 valence electrons. The lowest BCUT2D eigenvalue weighted by molar-refractivity contribution is 0.340. The summed E-state index contributed by atoms with van der Waals surface area (Å²) in [6.45, 7) is 2.45. The highest BCUT2D eigenvalue weighted by molar-refractivity contribution is 9.10. The lowest BCUT2D eigenvalue weighted by Crippen LogP contribution is -2.13. The molecule has 0 aromatic heterocycles. The van der Waals surface area contributed by atoms with Crippen LogP contribution in [0, 0.1) is 0 Å². The average Bonchev–Trinajstić information content (AvgIpc) is 2.49. The van der Waals surface area contributed by atoms with Gasteiger partial charge < -0.3 is 9.47 Å². The number of halogens is 1. The van der Waals surface area contributed by atoms with E-state index in [4.69, 9.17) is 9.47 Å². The molecule has 1 N–H and O–H groups in total. The summed E-state index contributed by atoms with van der Waals surface area (Å²) in [6, 6.07) is 11.3. The third-order valence-electron chi connectivity index (χ3n) is 2.85. The van der Waals surface area contributed by atoms with Crippen LogP contribution in [0.25, 0.3) is 0 Å². The molecule has 0 unspecified atom stereocenters. The zero-order valence-corrected chi connectivity index (χ0v) is 14.6. The van der Waals surface area contributed by atoms with Crippen LogP contribution < -0.4 is 14.2 Å². The minimum Gasteiger partial charge on any atom is -0.496 e. The van der Waals surface area contributed by atoms with Crippen molar-refractivity contribution in [3.05, 3.63) is 46.9 Å². The van der Waals surface area contributed by atoms with Gasteiger partial charge in [-0.2, -0.15) is 0 Å². The molecule has 0 atom stereocenters. The number of hydrogen-bond donors (Lipinski definition) is 1. The first kappa shape index (κ1) is 16.6. The van der Waals surface area contributed by atoms with Gasteiger partial charge in [0.1, 0.15) is 11.5 Å². The fourth-order valence-electron chi connectivity index (χ4n) is 1.81. The molecular formula is C15H16BrNO4S. The third-order valence-corrected chi connectivity index (χ3v) is 4.85. The molecule has 0 aliphatic heterocycles. The Balaban J connectivity index is 2.21. The highest BCUT2D eigenvalue weighted by atomic mass is 79.9. The van der Waals surface area contributed by atoms with Crippen LogP contribution in [0.1, 0.15) is 6.92 Å². The molecular weight excluding hydrogens is 370 g/mol. The topological polar surface area (TPSA) is 64.6 Å². The number of rotatable bonds is 6. The first-order valence-corrected chi connectivity index (χ1v) is 8.83. The van der Waals surface area contributed by atoms with Crippen molar-refractivity contribution in [2.24, 2.45) is 0 Å². The van der Waals surface area contributed by atoms with E-state index in [0.717, 1.165) is 0 Å².